The summed E-state index contributed by atoms with van der Waals surface area (Å²) in [6.45, 7) is 4.08. The summed E-state index contributed by atoms with van der Waals surface area (Å²) in [5.41, 5.74) is 4.85. The molecule has 0 saturated heterocycles. The van der Waals surface area contributed by atoms with Gasteiger partial charge in [0.25, 0.3) is 0 Å². The highest BCUT2D eigenvalue weighted by Crippen LogP contribution is 2.21. The second kappa shape index (κ2) is 3.44. The smallest absolute Gasteiger partial charge is 0.153 e. The van der Waals surface area contributed by atoms with E-state index in [0.717, 1.165) is 23.6 Å². The van der Waals surface area contributed by atoms with Crippen LogP contribution in [0.25, 0.3) is 5.82 Å². The largest absolute Gasteiger partial charge is 0.233 e. The van der Waals surface area contributed by atoms with Crippen LogP contribution in [0.4, 0.5) is 0 Å². The molecule has 0 amide bonds. The highest BCUT2D eigenvalue weighted by molar-refractivity contribution is 5.34. The van der Waals surface area contributed by atoms with Crippen molar-refractivity contribution >= 4 is 0 Å². The fraction of sp³-hybridized carbons (Fsp3) is 0.385. The van der Waals surface area contributed by atoms with Crippen LogP contribution < -0.4 is 0 Å². The molecule has 2 aromatic rings. The van der Waals surface area contributed by atoms with Crippen molar-refractivity contribution in [2.75, 3.05) is 0 Å². The lowest BCUT2D eigenvalue weighted by Crippen LogP contribution is -2.03. The van der Waals surface area contributed by atoms with Gasteiger partial charge in [0.05, 0.1) is 5.69 Å². The molecule has 0 bridgehead atoms. The van der Waals surface area contributed by atoms with Gasteiger partial charge in [-0.1, -0.05) is 6.07 Å². The quantitative estimate of drug-likeness (QED) is 0.728. The third-order valence-corrected chi connectivity index (χ3v) is 3.14. The number of pyridine rings is 1. The zero-order valence-corrected chi connectivity index (χ0v) is 9.70. The van der Waals surface area contributed by atoms with Gasteiger partial charge in [0.1, 0.15) is 0 Å². The van der Waals surface area contributed by atoms with E-state index in [2.05, 4.69) is 30.2 Å². The van der Waals surface area contributed by atoms with E-state index in [9.17, 15) is 0 Å². The van der Waals surface area contributed by atoms with Crippen LogP contribution >= 0.6 is 0 Å². The van der Waals surface area contributed by atoms with Crippen LogP contribution in [-0.2, 0) is 12.8 Å². The topological polar surface area (TPSA) is 30.7 Å². The first-order chi connectivity index (χ1) is 7.74. The standard InChI is InChI=1S/C13H15N3/c1-9-8-10(2)16(15-9)13-7-6-11-4-3-5-12(11)14-13/h6-8H,3-5H2,1-2H3. The average molecular weight is 213 g/mol. The summed E-state index contributed by atoms with van der Waals surface area (Å²) in [7, 11) is 0. The zero-order valence-electron chi connectivity index (χ0n) is 9.70. The molecular formula is C13H15N3. The Bertz CT molecular complexity index is 540. The molecule has 0 radical (unpaired) electrons. The summed E-state index contributed by atoms with van der Waals surface area (Å²) in [4.78, 5) is 4.70. The van der Waals surface area contributed by atoms with Crippen molar-refractivity contribution < 1.29 is 0 Å². The molecule has 0 fully saturated rings. The van der Waals surface area contributed by atoms with Gasteiger partial charge in [-0.3, -0.25) is 0 Å². The summed E-state index contributed by atoms with van der Waals surface area (Å²) in [5.74, 6) is 0.950. The van der Waals surface area contributed by atoms with E-state index in [-0.39, 0.29) is 0 Å². The first-order valence-corrected chi connectivity index (χ1v) is 5.76. The third kappa shape index (κ3) is 1.43. The Hall–Kier alpha value is -1.64. The molecule has 16 heavy (non-hydrogen) atoms. The maximum atomic E-state index is 4.70. The molecule has 0 spiro atoms. The van der Waals surface area contributed by atoms with Gasteiger partial charge in [-0.2, -0.15) is 5.10 Å². The Morgan fingerprint density at radius 2 is 2.06 bits per heavy atom. The van der Waals surface area contributed by atoms with Crippen molar-refractivity contribution in [2.24, 2.45) is 0 Å². The summed E-state index contributed by atoms with van der Waals surface area (Å²) in [6.07, 6.45) is 3.53. The van der Waals surface area contributed by atoms with Gasteiger partial charge in [-0.15, -0.1) is 0 Å². The molecule has 2 heterocycles. The minimum atomic E-state index is 0.950. The SMILES string of the molecule is Cc1cc(C)n(-c2ccc3c(n2)CCC3)n1. The first kappa shape index (κ1) is 9.58. The Balaban J connectivity index is 2.10. The number of hydrogen-bond acceptors (Lipinski definition) is 2. The zero-order chi connectivity index (χ0) is 11.1. The van der Waals surface area contributed by atoms with Crippen molar-refractivity contribution in [3.63, 3.8) is 0 Å². The van der Waals surface area contributed by atoms with Gasteiger partial charge in [0, 0.05) is 11.4 Å². The van der Waals surface area contributed by atoms with Gasteiger partial charge in [-0.25, -0.2) is 9.67 Å². The summed E-state index contributed by atoms with van der Waals surface area (Å²) in [6, 6.07) is 6.35. The van der Waals surface area contributed by atoms with Gasteiger partial charge < -0.3 is 0 Å². The first-order valence-electron chi connectivity index (χ1n) is 5.76. The molecule has 0 atom stereocenters. The average Bonchev–Trinajstić information content (AvgIpc) is 2.83. The van der Waals surface area contributed by atoms with Crippen molar-refractivity contribution in [3.8, 4) is 5.82 Å². The van der Waals surface area contributed by atoms with Crippen LogP contribution in [0.15, 0.2) is 18.2 Å². The van der Waals surface area contributed by atoms with Gasteiger partial charge in [0.2, 0.25) is 0 Å². The summed E-state index contributed by atoms with van der Waals surface area (Å²) >= 11 is 0. The van der Waals surface area contributed by atoms with E-state index in [1.165, 1.54) is 24.1 Å². The number of hydrogen-bond donors (Lipinski definition) is 0. The number of aryl methyl sites for hydroxylation is 4. The van der Waals surface area contributed by atoms with E-state index < -0.39 is 0 Å². The molecule has 0 saturated carbocycles. The Morgan fingerprint density at radius 3 is 2.81 bits per heavy atom. The van der Waals surface area contributed by atoms with Crippen molar-refractivity contribution in [2.45, 2.75) is 33.1 Å². The fourth-order valence-corrected chi connectivity index (χ4v) is 2.39. The van der Waals surface area contributed by atoms with Crippen LogP contribution in [0.1, 0.15) is 29.1 Å². The second-order valence-corrected chi connectivity index (χ2v) is 4.47. The Morgan fingerprint density at radius 1 is 1.19 bits per heavy atom. The van der Waals surface area contributed by atoms with Crippen LogP contribution in [0.2, 0.25) is 0 Å². The molecule has 2 aromatic heterocycles. The second-order valence-electron chi connectivity index (χ2n) is 4.47. The summed E-state index contributed by atoms with van der Waals surface area (Å²) in [5, 5.41) is 4.46. The van der Waals surface area contributed by atoms with Crippen molar-refractivity contribution in [1.82, 2.24) is 14.8 Å². The van der Waals surface area contributed by atoms with Crippen LogP contribution in [-0.4, -0.2) is 14.8 Å². The van der Waals surface area contributed by atoms with E-state index in [0.29, 0.717) is 0 Å². The van der Waals surface area contributed by atoms with E-state index in [1.54, 1.807) is 0 Å². The van der Waals surface area contributed by atoms with Crippen molar-refractivity contribution in [3.05, 3.63) is 40.8 Å². The van der Waals surface area contributed by atoms with E-state index in [1.807, 2.05) is 11.6 Å². The lowest BCUT2D eigenvalue weighted by Gasteiger charge is -2.05. The Kier molecular flexibility index (Phi) is 2.06. The van der Waals surface area contributed by atoms with Crippen molar-refractivity contribution in [1.29, 1.82) is 0 Å². The van der Waals surface area contributed by atoms with Crippen LogP contribution in [0.5, 0.6) is 0 Å². The molecule has 0 aliphatic heterocycles. The Labute approximate surface area is 95.1 Å². The minimum Gasteiger partial charge on any atom is -0.233 e. The number of aromatic nitrogens is 3. The van der Waals surface area contributed by atoms with Gasteiger partial charge in [-0.05, 0) is 50.8 Å². The molecule has 1 aliphatic rings. The molecule has 3 nitrogen and oxygen atoms in total. The molecule has 0 aromatic carbocycles. The highest BCUT2D eigenvalue weighted by atomic mass is 15.3. The van der Waals surface area contributed by atoms with Gasteiger partial charge >= 0.3 is 0 Å². The molecular weight excluding hydrogens is 198 g/mol. The number of fused-ring (bicyclic) bond motifs is 1. The maximum absolute atomic E-state index is 4.70. The summed E-state index contributed by atoms with van der Waals surface area (Å²) < 4.78 is 1.92. The number of nitrogens with zero attached hydrogens (tertiary/aromatic N) is 3. The predicted molar refractivity (Wildman–Crippen MR) is 62.9 cm³/mol. The number of rotatable bonds is 1. The molecule has 1 aliphatic carbocycles. The lowest BCUT2D eigenvalue weighted by molar-refractivity contribution is 0.796. The molecule has 0 unspecified atom stereocenters. The minimum absolute atomic E-state index is 0.950. The van der Waals surface area contributed by atoms with Crippen LogP contribution in [0, 0.1) is 13.8 Å². The normalized spacial score (nSPS) is 14.1. The maximum Gasteiger partial charge on any atom is 0.153 e. The van der Waals surface area contributed by atoms with E-state index >= 15 is 0 Å². The lowest BCUT2D eigenvalue weighted by atomic mass is 10.2. The highest BCUT2D eigenvalue weighted by Gasteiger charge is 2.14. The molecule has 3 rings (SSSR count). The third-order valence-electron chi connectivity index (χ3n) is 3.14. The fourth-order valence-electron chi connectivity index (χ4n) is 2.39. The monoisotopic (exact) mass is 213 g/mol. The molecule has 82 valence electrons. The molecule has 0 N–H and O–H groups in total. The molecule has 3 heteroatoms. The van der Waals surface area contributed by atoms with Crippen LogP contribution in [0.3, 0.4) is 0 Å². The van der Waals surface area contributed by atoms with Gasteiger partial charge in [0.15, 0.2) is 5.82 Å². The predicted octanol–water partition coefficient (Wildman–Crippen LogP) is 2.37. The van der Waals surface area contributed by atoms with E-state index in [4.69, 9.17) is 4.98 Å².